The first-order valence-electron chi connectivity index (χ1n) is 13.8. The van der Waals surface area contributed by atoms with Gasteiger partial charge in [0.1, 0.15) is 11.5 Å². The summed E-state index contributed by atoms with van der Waals surface area (Å²) in [4.78, 5) is 32.0. The van der Waals surface area contributed by atoms with Gasteiger partial charge in [-0.2, -0.15) is 0 Å². The molecule has 0 N–H and O–H groups in total. The van der Waals surface area contributed by atoms with Gasteiger partial charge in [-0.15, -0.1) is 0 Å². The Bertz CT molecular complexity index is 1240. The molecule has 1 aromatic carbocycles. The number of carbonyl (C=O) groups is 2. The first kappa shape index (κ1) is 25.9. The lowest BCUT2D eigenvalue weighted by molar-refractivity contribution is -0.133. The first-order chi connectivity index (χ1) is 18.6. The van der Waals surface area contributed by atoms with Crippen LogP contribution in [-0.4, -0.2) is 65.5 Å². The minimum Gasteiger partial charge on any atom is -0.492 e. The molecular weight excluding hydrogens is 480 g/mol. The van der Waals surface area contributed by atoms with Gasteiger partial charge in [0.25, 0.3) is 5.91 Å². The average Bonchev–Trinajstić information content (AvgIpc) is 3.54. The Hall–Kier alpha value is -3.68. The number of hydrogen-bond donors (Lipinski definition) is 0. The summed E-state index contributed by atoms with van der Waals surface area (Å²) in [7, 11) is 0. The maximum Gasteiger partial charge on any atom is 0.289 e. The van der Waals surface area contributed by atoms with E-state index in [2.05, 4.69) is 28.5 Å². The second kappa shape index (κ2) is 11.8. The van der Waals surface area contributed by atoms with Gasteiger partial charge < -0.3 is 28.4 Å². The van der Waals surface area contributed by atoms with Gasteiger partial charge in [0.15, 0.2) is 5.76 Å². The molecule has 1 aliphatic carbocycles. The fourth-order valence-corrected chi connectivity index (χ4v) is 5.12. The van der Waals surface area contributed by atoms with Crippen LogP contribution in [0, 0.1) is 5.92 Å². The van der Waals surface area contributed by atoms with Gasteiger partial charge in [-0.25, -0.2) is 0 Å². The van der Waals surface area contributed by atoms with Crippen molar-refractivity contribution in [3.05, 3.63) is 71.9 Å². The number of ether oxygens (including phenoxy) is 1. The summed E-state index contributed by atoms with van der Waals surface area (Å²) in [6.07, 6.45) is 4.97. The van der Waals surface area contributed by atoms with Crippen LogP contribution in [0.25, 0.3) is 0 Å². The van der Waals surface area contributed by atoms with E-state index in [4.69, 9.17) is 9.15 Å². The third-order valence-electron chi connectivity index (χ3n) is 7.28. The number of nitrogens with zero attached hydrogens (tertiary/aromatic N) is 4. The molecule has 0 bridgehead atoms. The van der Waals surface area contributed by atoms with Crippen LogP contribution in [0.1, 0.15) is 55.1 Å². The Morgan fingerprint density at radius 3 is 2.53 bits per heavy atom. The third kappa shape index (κ3) is 5.90. The Morgan fingerprint density at radius 1 is 1.00 bits per heavy atom. The van der Waals surface area contributed by atoms with Crippen molar-refractivity contribution < 1.29 is 18.7 Å². The minimum absolute atomic E-state index is 0.0779. The van der Waals surface area contributed by atoms with E-state index in [0.717, 1.165) is 61.8 Å². The Labute approximate surface area is 224 Å². The normalized spacial score (nSPS) is 15.5. The fraction of sp³-hybridized carbons (Fsp3) is 0.467. The molecule has 202 valence electrons. The quantitative estimate of drug-likeness (QED) is 0.370. The molecule has 2 aliphatic rings. The van der Waals surface area contributed by atoms with Crippen molar-refractivity contribution in [2.24, 2.45) is 5.92 Å². The molecule has 1 aliphatic heterocycles. The van der Waals surface area contributed by atoms with Gasteiger partial charge >= 0.3 is 0 Å². The standard InChI is InChI=1S/C30H38N4O4/c1-3-15-34(29(35)23-11-12-23)21-24-8-7-16-33(24)22-25-13-14-28(38-25)30(36)32-19-17-31(18-20-32)26-9-5-6-10-27(26)37-4-2/h5-10,13-14,16,23H,3-4,11-12,15,17-22H2,1-2H3. The monoisotopic (exact) mass is 518 g/mol. The van der Waals surface area contributed by atoms with Crippen molar-refractivity contribution in [1.29, 1.82) is 0 Å². The molecule has 5 rings (SSSR count). The minimum atomic E-state index is -0.0779. The molecule has 8 heteroatoms. The van der Waals surface area contributed by atoms with Crippen LogP contribution in [0.15, 0.2) is 59.1 Å². The molecule has 2 amide bonds. The molecule has 1 saturated heterocycles. The number of para-hydroxylation sites is 2. The van der Waals surface area contributed by atoms with Crippen LogP contribution in [0.4, 0.5) is 5.69 Å². The van der Waals surface area contributed by atoms with Crippen LogP contribution in [0.5, 0.6) is 5.75 Å². The molecule has 0 unspecified atom stereocenters. The predicted octanol–water partition coefficient (Wildman–Crippen LogP) is 4.64. The van der Waals surface area contributed by atoms with Crippen molar-refractivity contribution in [2.75, 3.05) is 44.2 Å². The molecule has 8 nitrogen and oxygen atoms in total. The lowest BCUT2D eigenvalue weighted by Gasteiger charge is -2.36. The van der Waals surface area contributed by atoms with E-state index in [-0.39, 0.29) is 17.7 Å². The van der Waals surface area contributed by atoms with Crippen LogP contribution >= 0.6 is 0 Å². The Kier molecular flexibility index (Phi) is 8.05. The van der Waals surface area contributed by atoms with Crippen molar-refractivity contribution >= 4 is 17.5 Å². The SMILES string of the molecule is CCCN(Cc1cccn1Cc1ccc(C(=O)N2CCN(c3ccccc3OCC)CC2)o1)C(=O)C1CC1. The summed E-state index contributed by atoms with van der Waals surface area (Å²) in [5, 5.41) is 0. The summed E-state index contributed by atoms with van der Waals surface area (Å²) >= 11 is 0. The number of anilines is 1. The molecule has 2 fully saturated rings. The third-order valence-corrected chi connectivity index (χ3v) is 7.28. The number of furan rings is 1. The summed E-state index contributed by atoms with van der Waals surface area (Å²) in [5.74, 6) is 2.38. The van der Waals surface area contributed by atoms with Gasteiger partial charge in [-0.1, -0.05) is 19.1 Å². The van der Waals surface area contributed by atoms with E-state index in [0.29, 0.717) is 38.5 Å². The van der Waals surface area contributed by atoms with Crippen molar-refractivity contribution in [3.8, 4) is 5.75 Å². The molecule has 3 aromatic rings. The molecule has 1 saturated carbocycles. The summed E-state index contributed by atoms with van der Waals surface area (Å²) in [6.45, 7) is 9.33. The van der Waals surface area contributed by atoms with Gasteiger partial charge in [-0.05, 0) is 62.6 Å². The largest absolute Gasteiger partial charge is 0.492 e. The molecular formula is C30H38N4O4. The number of hydrogen-bond acceptors (Lipinski definition) is 5. The number of carbonyl (C=O) groups excluding carboxylic acids is 2. The topological polar surface area (TPSA) is 71.2 Å². The van der Waals surface area contributed by atoms with Crippen molar-refractivity contribution in [2.45, 2.75) is 46.2 Å². The smallest absolute Gasteiger partial charge is 0.289 e. The number of benzene rings is 1. The molecule has 0 atom stereocenters. The van der Waals surface area contributed by atoms with Crippen LogP contribution in [0.3, 0.4) is 0 Å². The number of aromatic nitrogens is 1. The zero-order valence-electron chi connectivity index (χ0n) is 22.5. The molecule has 2 aromatic heterocycles. The van der Waals surface area contributed by atoms with E-state index in [1.165, 1.54) is 0 Å². The Balaban J connectivity index is 1.18. The van der Waals surface area contributed by atoms with Crippen LogP contribution in [0.2, 0.25) is 0 Å². The molecule has 0 spiro atoms. The van der Waals surface area contributed by atoms with Gasteiger partial charge in [0.2, 0.25) is 5.91 Å². The highest BCUT2D eigenvalue weighted by Gasteiger charge is 2.33. The van der Waals surface area contributed by atoms with E-state index in [9.17, 15) is 9.59 Å². The van der Waals surface area contributed by atoms with E-state index in [1.54, 1.807) is 6.07 Å². The van der Waals surface area contributed by atoms with Gasteiger partial charge in [-0.3, -0.25) is 9.59 Å². The Morgan fingerprint density at radius 2 is 1.79 bits per heavy atom. The highest BCUT2D eigenvalue weighted by molar-refractivity contribution is 5.91. The number of rotatable bonds is 11. The number of amides is 2. The van der Waals surface area contributed by atoms with Gasteiger partial charge in [0, 0.05) is 50.5 Å². The van der Waals surface area contributed by atoms with Crippen LogP contribution in [-0.2, 0) is 17.9 Å². The van der Waals surface area contributed by atoms with Crippen LogP contribution < -0.4 is 9.64 Å². The molecule has 0 radical (unpaired) electrons. The average molecular weight is 519 g/mol. The second-order valence-electron chi connectivity index (χ2n) is 10.1. The lowest BCUT2D eigenvalue weighted by atomic mass is 10.2. The van der Waals surface area contributed by atoms with Gasteiger partial charge in [0.05, 0.1) is 25.4 Å². The predicted molar refractivity (Wildman–Crippen MR) is 146 cm³/mol. The van der Waals surface area contributed by atoms with E-state index < -0.39 is 0 Å². The zero-order valence-corrected chi connectivity index (χ0v) is 22.5. The number of piperazine rings is 1. The van der Waals surface area contributed by atoms with E-state index >= 15 is 0 Å². The molecule has 38 heavy (non-hydrogen) atoms. The highest BCUT2D eigenvalue weighted by Crippen LogP contribution is 2.32. The summed E-state index contributed by atoms with van der Waals surface area (Å²) < 4.78 is 13.9. The lowest BCUT2D eigenvalue weighted by Crippen LogP contribution is -2.48. The summed E-state index contributed by atoms with van der Waals surface area (Å²) in [5.41, 5.74) is 2.14. The maximum atomic E-state index is 13.2. The zero-order chi connectivity index (χ0) is 26.5. The van der Waals surface area contributed by atoms with Crippen molar-refractivity contribution in [1.82, 2.24) is 14.4 Å². The highest BCUT2D eigenvalue weighted by atomic mass is 16.5. The fourth-order valence-electron chi connectivity index (χ4n) is 5.12. The summed E-state index contributed by atoms with van der Waals surface area (Å²) in [6, 6.07) is 15.8. The second-order valence-corrected chi connectivity index (χ2v) is 10.1. The maximum absolute atomic E-state index is 13.2. The van der Waals surface area contributed by atoms with Crippen molar-refractivity contribution in [3.63, 3.8) is 0 Å². The van der Waals surface area contributed by atoms with E-state index in [1.807, 2.05) is 53.3 Å². The molecule has 3 heterocycles. The first-order valence-corrected chi connectivity index (χ1v) is 13.8.